The molecule has 0 aliphatic carbocycles. The maximum atomic E-state index is 13.8. The van der Waals surface area contributed by atoms with E-state index in [2.05, 4.69) is 49.6 Å². The fourth-order valence-corrected chi connectivity index (χ4v) is 6.10. The van der Waals surface area contributed by atoms with Gasteiger partial charge in [0.25, 0.3) is 5.91 Å². The molecule has 2 amide bonds. The summed E-state index contributed by atoms with van der Waals surface area (Å²) >= 11 is 1.77. The van der Waals surface area contributed by atoms with Gasteiger partial charge in [0.15, 0.2) is 0 Å². The molecule has 196 valence electrons. The van der Waals surface area contributed by atoms with Gasteiger partial charge in [0, 0.05) is 23.0 Å². The van der Waals surface area contributed by atoms with Crippen molar-refractivity contribution in [1.82, 2.24) is 9.80 Å². The zero-order valence-corrected chi connectivity index (χ0v) is 23.3. The van der Waals surface area contributed by atoms with E-state index in [1.807, 2.05) is 42.2 Å². The second-order valence-corrected chi connectivity index (χ2v) is 11.1. The first-order valence-corrected chi connectivity index (χ1v) is 14.7. The second-order valence-electron chi connectivity index (χ2n) is 10.1. The van der Waals surface area contributed by atoms with Crippen LogP contribution in [0.1, 0.15) is 90.8 Å². The van der Waals surface area contributed by atoms with Gasteiger partial charge in [-0.05, 0) is 72.9 Å². The minimum Gasteiger partial charge on any atom is -0.330 e. The van der Waals surface area contributed by atoms with Crippen LogP contribution in [-0.4, -0.2) is 40.7 Å². The summed E-state index contributed by atoms with van der Waals surface area (Å²) < 4.78 is 0. The van der Waals surface area contributed by atoms with E-state index in [1.165, 1.54) is 41.7 Å². The molecule has 2 aromatic carbocycles. The van der Waals surface area contributed by atoms with Gasteiger partial charge in [0.2, 0.25) is 5.91 Å². The summed E-state index contributed by atoms with van der Waals surface area (Å²) in [6.45, 7) is 7.09. The van der Waals surface area contributed by atoms with Gasteiger partial charge >= 0.3 is 0 Å². The molecule has 4 nitrogen and oxygen atoms in total. The molecule has 0 saturated carbocycles. The normalized spacial score (nSPS) is 15.8. The topological polar surface area (TPSA) is 40.6 Å². The van der Waals surface area contributed by atoms with Gasteiger partial charge in [-0.3, -0.25) is 9.59 Å². The fourth-order valence-electron chi connectivity index (χ4n) is 5.20. The molecule has 0 bridgehead atoms. The summed E-state index contributed by atoms with van der Waals surface area (Å²) in [7, 11) is 0. The molecule has 0 N–H and O–H groups in total. The van der Waals surface area contributed by atoms with E-state index in [4.69, 9.17) is 0 Å². The van der Waals surface area contributed by atoms with Crippen LogP contribution in [-0.2, 0) is 17.6 Å². The molecule has 37 heavy (non-hydrogen) atoms. The first kappa shape index (κ1) is 27.1. The maximum absolute atomic E-state index is 13.8. The molecule has 1 aliphatic rings. The van der Waals surface area contributed by atoms with Crippen molar-refractivity contribution >= 4 is 23.2 Å². The van der Waals surface area contributed by atoms with Crippen molar-refractivity contribution in [3.63, 3.8) is 0 Å². The van der Waals surface area contributed by atoms with Crippen LogP contribution >= 0.6 is 11.3 Å². The van der Waals surface area contributed by atoms with E-state index in [0.29, 0.717) is 12.1 Å². The van der Waals surface area contributed by atoms with Crippen molar-refractivity contribution in [2.75, 3.05) is 13.1 Å². The summed E-state index contributed by atoms with van der Waals surface area (Å²) in [6.07, 6.45) is 7.63. The van der Waals surface area contributed by atoms with Crippen molar-refractivity contribution in [2.24, 2.45) is 0 Å². The van der Waals surface area contributed by atoms with E-state index >= 15 is 0 Å². The quantitative estimate of drug-likeness (QED) is 0.251. The third-order valence-electron chi connectivity index (χ3n) is 7.61. The summed E-state index contributed by atoms with van der Waals surface area (Å²) in [5.41, 5.74) is 4.26. The number of rotatable bonds is 11. The lowest BCUT2D eigenvalue weighted by Gasteiger charge is -2.38. The Balaban J connectivity index is 1.51. The summed E-state index contributed by atoms with van der Waals surface area (Å²) in [5.74, 6) is -0.0587. The average Bonchev–Trinajstić information content (AvgIpc) is 3.42. The Morgan fingerprint density at radius 2 is 1.76 bits per heavy atom. The number of hydrogen-bond acceptors (Lipinski definition) is 3. The van der Waals surface area contributed by atoms with Gasteiger partial charge in [-0.15, -0.1) is 11.3 Å². The lowest BCUT2D eigenvalue weighted by molar-refractivity contribution is -0.134. The summed E-state index contributed by atoms with van der Waals surface area (Å²) in [4.78, 5) is 32.6. The lowest BCUT2D eigenvalue weighted by atomic mass is 9.93. The molecule has 1 aliphatic heterocycles. The Bertz CT molecular complexity index is 1160. The lowest BCUT2D eigenvalue weighted by Crippen LogP contribution is -2.49. The number of hydrogen-bond donors (Lipinski definition) is 0. The van der Waals surface area contributed by atoms with Gasteiger partial charge in [-0.2, -0.15) is 0 Å². The third kappa shape index (κ3) is 6.51. The maximum Gasteiger partial charge on any atom is 0.254 e. The smallest absolute Gasteiger partial charge is 0.254 e. The van der Waals surface area contributed by atoms with Crippen LogP contribution in [0.3, 0.4) is 0 Å². The van der Waals surface area contributed by atoms with Crippen LogP contribution in [0.5, 0.6) is 0 Å². The van der Waals surface area contributed by atoms with E-state index in [9.17, 15) is 9.59 Å². The number of benzene rings is 2. The van der Waals surface area contributed by atoms with Gasteiger partial charge in [-0.1, -0.05) is 75.6 Å². The molecule has 0 spiro atoms. The number of unbranched alkanes of at least 4 members (excludes halogenated alkanes) is 3. The summed E-state index contributed by atoms with van der Waals surface area (Å²) in [5, 5.41) is 2.12. The molecule has 2 atom stereocenters. The Hall–Kier alpha value is -2.92. The fraction of sp³-hybridized carbons (Fsp3) is 0.438. The Morgan fingerprint density at radius 1 is 1.00 bits per heavy atom. The Morgan fingerprint density at radius 3 is 2.46 bits per heavy atom. The van der Waals surface area contributed by atoms with Gasteiger partial charge in [0.1, 0.15) is 6.54 Å². The van der Waals surface area contributed by atoms with Crippen LogP contribution < -0.4 is 0 Å². The van der Waals surface area contributed by atoms with Crippen LogP contribution in [0, 0.1) is 0 Å². The van der Waals surface area contributed by atoms with E-state index in [1.54, 1.807) is 16.2 Å². The SMILES string of the molecule is CCCCCCc1ccc(C(=O)N(CC(=O)N2CCc3sccc3[C@H]2c2ccccc2)[C@@H](C)CC)cc1. The predicted molar refractivity (Wildman–Crippen MR) is 153 cm³/mol. The largest absolute Gasteiger partial charge is 0.330 e. The minimum atomic E-state index is -0.107. The Kier molecular flexibility index (Phi) is 9.56. The minimum absolute atomic E-state index is 0.00639. The molecular formula is C32H40N2O2S. The summed E-state index contributed by atoms with van der Waals surface area (Å²) in [6, 6.07) is 20.3. The number of amides is 2. The Labute approximate surface area is 226 Å². The first-order chi connectivity index (χ1) is 18.0. The van der Waals surface area contributed by atoms with Crippen molar-refractivity contribution < 1.29 is 9.59 Å². The van der Waals surface area contributed by atoms with E-state index in [0.717, 1.165) is 24.8 Å². The highest BCUT2D eigenvalue weighted by Gasteiger charge is 2.34. The van der Waals surface area contributed by atoms with Crippen molar-refractivity contribution in [2.45, 2.75) is 77.8 Å². The standard InChI is InChI=1S/C32H40N2O2S/c1-4-6-7-9-12-25-15-17-27(18-16-25)32(36)34(24(3)5-2)23-30(35)33-21-19-29-28(20-22-37-29)31(33)26-13-10-8-11-14-26/h8,10-11,13-18,20,22,24,31H,4-7,9,12,19,21,23H2,1-3H3/t24-,31+/m0/s1. The zero-order chi connectivity index (χ0) is 26.2. The van der Waals surface area contributed by atoms with Crippen molar-refractivity contribution in [1.29, 1.82) is 0 Å². The van der Waals surface area contributed by atoms with Crippen LogP contribution in [0.25, 0.3) is 0 Å². The molecule has 2 heterocycles. The molecule has 0 fully saturated rings. The molecule has 0 radical (unpaired) electrons. The van der Waals surface area contributed by atoms with Gasteiger partial charge < -0.3 is 9.80 Å². The van der Waals surface area contributed by atoms with Crippen LogP contribution in [0.15, 0.2) is 66.0 Å². The highest BCUT2D eigenvalue weighted by Crippen LogP contribution is 2.37. The third-order valence-corrected chi connectivity index (χ3v) is 8.61. The number of aryl methyl sites for hydroxylation is 1. The van der Waals surface area contributed by atoms with E-state index < -0.39 is 0 Å². The zero-order valence-electron chi connectivity index (χ0n) is 22.5. The van der Waals surface area contributed by atoms with Gasteiger partial charge in [-0.25, -0.2) is 0 Å². The molecule has 1 aromatic heterocycles. The molecule has 3 aromatic rings. The number of thiophene rings is 1. The molecule has 5 heteroatoms. The molecule has 0 unspecified atom stereocenters. The highest BCUT2D eigenvalue weighted by atomic mass is 32.1. The molecule has 4 rings (SSSR count). The van der Waals surface area contributed by atoms with Crippen molar-refractivity contribution in [3.05, 3.63) is 93.2 Å². The number of fused-ring (bicyclic) bond motifs is 1. The monoisotopic (exact) mass is 516 g/mol. The molecular weight excluding hydrogens is 476 g/mol. The van der Waals surface area contributed by atoms with Crippen molar-refractivity contribution in [3.8, 4) is 0 Å². The number of carbonyl (C=O) groups is 2. The molecule has 0 saturated heterocycles. The average molecular weight is 517 g/mol. The highest BCUT2D eigenvalue weighted by molar-refractivity contribution is 7.10. The van der Waals surface area contributed by atoms with E-state index in [-0.39, 0.29) is 30.4 Å². The number of carbonyl (C=O) groups excluding carboxylic acids is 2. The van der Waals surface area contributed by atoms with Crippen LogP contribution in [0.4, 0.5) is 0 Å². The van der Waals surface area contributed by atoms with Crippen LogP contribution in [0.2, 0.25) is 0 Å². The first-order valence-electron chi connectivity index (χ1n) is 13.8. The predicted octanol–water partition coefficient (Wildman–Crippen LogP) is 7.29. The number of nitrogens with zero attached hydrogens (tertiary/aromatic N) is 2. The second kappa shape index (κ2) is 13.0. The van der Waals surface area contributed by atoms with Gasteiger partial charge in [0.05, 0.1) is 6.04 Å².